The summed E-state index contributed by atoms with van der Waals surface area (Å²) in [5.74, 6) is -2.14. The summed E-state index contributed by atoms with van der Waals surface area (Å²) in [6, 6.07) is 16.6. The Hall–Kier alpha value is -3.53. The van der Waals surface area contributed by atoms with Crippen molar-refractivity contribution >= 4 is 41.2 Å². The highest BCUT2D eigenvalue weighted by molar-refractivity contribution is 6.42. The molecule has 0 bridgehead atoms. The molecule has 1 unspecified atom stereocenters. The molecule has 1 aliphatic rings. The molecular formula is C27H24Cl2N2O4. The lowest BCUT2D eigenvalue weighted by molar-refractivity contribution is -0.139. The van der Waals surface area contributed by atoms with E-state index >= 15 is 0 Å². The Labute approximate surface area is 214 Å². The summed E-state index contributed by atoms with van der Waals surface area (Å²) in [6.07, 6.45) is 3.63. The van der Waals surface area contributed by atoms with Crippen LogP contribution in [0.15, 0.2) is 77.1 Å². The van der Waals surface area contributed by atoms with Crippen molar-refractivity contribution in [3.8, 4) is 6.07 Å². The molecule has 8 heteroatoms. The van der Waals surface area contributed by atoms with E-state index in [2.05, 4.69) is 5.32 Å². The van der Waals surface area contributed by atoms with Crippen LogP contribution in [0.1, 0.15) is 37.3 Å². The summed E-state index contributed by atoms with van der Waals surface area (Å²) in [5, 5.41) is 12.4. The molecule has 1 N–H and O–H groups in total. The van der Waals surface area contributed by atoms with Gasteiger partial charge >= 0.3 is 11.9 Å². The third-order valence-electron chi connectivity index (χ3n) is 5.36. The van der Waals surface area contributed by atoms with Crippen LogP contribution in [0.25, 0.3) is 6.08 Å². The van der Waals surface area contributed by atoms with E-state index in [0.717, 1.165) is 5.56 Å². The highest BCUT2D eigenvalue weighted by Gasteiger charge is 2.39. The second-order valence-corrected chi connectivity index (χ2v) is 8.52. The molecule has 0 amide bonds. The van der Waals surface area contributed by atoms with E-state index < -0.39 is 17.9 Å². The lowest BCUT2D eigenvalue weighted by Gasteiger charge is -2.31. The third kappa shape index (κ3) is 6.33. The standard InChI is InChI=1S/C27H24Cl2N2O4/c1-17-22(26(32)34-15-7-11-19-9-4-3-5-10-19)24(20-12-6-13-21(28)25(20)29)23(18(2)31-17)27(33)35-16-8-14-30/h3-7,9-13,24,31H,8,15-16H2,1-2H3. The highest BCUT2D eigenvalue weighted by atomic mass is 35.5. The van der Waals surface area contributed by atoms with Crippen LogP contribution in [0, 0.1) is 11.3 Å². The van der Waals surface area contributed by atoms with Crippen molar-refractivity contribution in [2.45, 2.75) is 26.2 Å². The maximum absolute atomic E-state index is 13.3. The average molecular weight is 511 g/mol. The Morgan fingerprint density at radius 1 is 1.00 bits per heavy atom. The molecule has 2 aromatic rings. The fraction of sp³-hybridized carbons (Fsp3) is 0.222. The minimum Gasteiger partial charge on any atom is -0.461 e. The number of esters is 2. The van der Waals surface area contributed by atoms with Crippen LogP contribution in [0.5, 0.6) is 0 Å². The number of nitriles is 1. The zero-order chi connectivity index (χ0) is 25.4. The molecule has 35 heavy (non-hydrogen) atoms. The van der Waals surface area contributed by atoms with Crippen molar-refractivity contribution in [1.29, 1.82) is 5.26 Å². The number of allylic oxidation sites excluding steroid dienone is 2. The lowest BCUT2D eigenvalue weighted by atomic mass is 9.80. The van der Waals surface area contributed by atoms with Crippen molar-refractivity contribution in [3.05, 3.63) is 98.3 Å². The van der Waals surface area contributed by atoms with E-state index in [-0.39, 0.29) is 40.8 Å². The highest BCUT2D eigenvalue weighted by Crippen LogP contribution is 2.43. The summed E-state index contributed by atoms with van der Waals surface area (Å²) in [6.45, 7) is 3.39. The molecule has 1 aliphatic heterocycles. The van der Waals surface area contributed by atoms with Crippen molar-refractivity contribution in [2.24, 2.45) is 0 Å². The maximum atomic E-state index is 13.3. The molecule has 0 fully saturated rings. The van der Waals surface area contributed by atoms with E-state index in [1.807, 2.05) is 42.5 Å². The first-order chi connectivity index (χ1) is 16.8. The number of rotatable bonds is 8. The third-order valence-corrected chi connectivity index (χ3v) is 6.19. The molecule has 6 nitrogen and oxygen atoms in total. The number of nitrogens with one attached hydrogen (secondary N) is 1. The van der Waals surface area contributed by atoms with E-state index in [1.165, 1.54) is 0 Å². The number of carbonyl (C=O) groups is 2. The van der Waals surface area contributed by atoms with Crippen molar-refractivity contribution in [2.75, 3.05) is 13.2 Å². The number of dihydropyridines is 1. The van der Waals surface area contributed by atoms with Crippen LogP contribution in [-0.4, -0.2) is 25.2 Å². The Kier molecular flexibility index (Phi) is 9.13. The molecule has 0 aromatic heterocycles. The summed E-state index contributed by atoms with van der Waals surface area (Å²) in [7, 11) is 0. The Morgan fingerprint density at radius 2 is 1.66 bits per heavy atom. The van der Waals surface area contributed by atoms with E-state index in [4.69, 9.17) is 37.9 Å². The molecule has 0 saturated carbocycles. The molecule has 3 rings (SSSR count). The van der Waals surface area contributed by atoms with Gasteiger partial charge in [-0.2, -0.15) is 5.26 Å². The normalized spacial score (nSPS) is 15.6. The number of ether oxygens (including phenoxy) is 2. The SMILES string of the molecule is CC1=C(C(=O)OCC=Cc2ccccc2)C(c2cccc(Cl)c2Cl)C(C(=O)OCCC#N)=C(C)N1. The van der Waals surface area contributed by atoms with Gasteiger partial charge in [0, 0.05) is 11.4 Å². The Morgan fingerprint density at radius 3 is 2.31 bits per heavy atom. The summed E-state index contributed by atoms with van der Waals surface area (Å²) < 4.78 is 10.8. The minimum atomic E-state index is -0.873. The quantitative estimate of drug-likeness (QED) is 0.349. The predicted octanol–water partition coefficient (Wildman–Crippen LogP) is 5.94. The van der Waals surface area contributed by atoms with E-state index in [0.29, 0.717) is 17.0 Å². The monoisotopic (exact) mass is 510 g/mol. The second kappa shape index (κ2) is 12.3. The van der Waals surface area contributed by atoms with Crippen LogP contribution < -0.4 is 5.32 Å². The zero-order valence-electron chi connectivity index (χ0n) is 19.3. The van der Waals surface area contributed by atoms with E-state index in [9.17, 15) is 9.59 Å². The molecule has 180 valence electrons. The molecule has 2 aromatic carbocycles. The van der Waals surface area contributed by atoms with Crippen molar-refractivity contribution < 1.29 is 19.1 Å². The summed E-state index contributed by atoms with van der Waals surface area (Å²) in [4.78, 5) is 26.4. The fourth-order valence-corrected chi connectivity index (χ4v) is 4.22. The summed E-state index contributed by atoms with van der Waals surface area (Å²) >= 11 is 12.8. The Balaban J connectivity index is 1.94. The second-order valence-electron chi connectivity index (χ2n) is 7.73. The fourth-order valence-electron chi connectivity index (χ4n) is 3.81. The van der Waals surface area contributed by atoms with Crippen LogP contribution in [-0.2, 0) is 19.1 Å². The molecule has 1 heterocycles. The molecule has 0 spiro atoms. The van der Waals surface area contributed by atoms with Gasteiger partial charge in [-0.05, 0) is 37.1 Å². The number of carbonyl (C=O) groups excluding carboxylic acids is 2. The number of hydrogen-bond donors (Lipinski definition) is 1. The number of halogens is 2. The maximum Gasteiger partial charge on any atom is 0.337 e. The van der Waals surface area contributed by atoms with Gasteiger partial charge in [0.2, 0.25) is 0 Å². The van der Waals surface area contributed by atoms with Gasteiger partial charge in [0.05, 0.1) is 39.6 Å². The van der Waals surface area contributed by atoms with Gasteiger partial charge in [0.1, 0.15) is 13.2 Å². The molecule has 0 aliphatic carbocycles. The van der Waals surface area contributed by atoms with Crippen LogP contribution >= 0.6 is 23.2 Å². The number of hydrogen-bond acceptors (Lipinski definition) is 6. The van der Waals surface area contributed by atoms with Crippen LogP contribution in [0.4, 0.5) is 0 Å². The molecule has 0 radical (unpaired) electrons. The van der Waals surface area contributed by atoms with Gasteiger partial charge in [-0.25, -0.2) is 9.59 Å². The average Bonchev–Trinajstić information content (AvgIpc) is 2.83. The Bertz CT molecular complexity index is 1240. The molecular weight excluding hydrogens is 487 g/mol. The zero-order valence-corrected chi connectivity index (χ0v) is 20.8. The first-order valence-electron chi connectivity index (χ1n) is 10.9. The van der Waals surface area contributed by atoms with E-state index in [1.54, 1.807) is 38.1 Å². The van der Waals surface area contributed by atoms with Crippen molar-refractivity contribution in [3.63, 3.8) is 0 Å². The molecule has 0 saturated heterocycles. The smallest absolute Gasteiger partial charge is 0.337 e. The first kappa shape index (κ1) is 26.1. The minimum absolute atomic E-state index is 0.0329. The largest absolute Gasteiger partial charge is 0.461 e. The predicted molar refractivity (Wildman–Crippen MR) is 135 cm³/mol. The molecule has 1 atom stereocenters. The van der Waals surface area contributed by atoms with Gasteiger partial charge in [-0.15, -0.1) is 0 Å². The van der Waals surface area contributed by atoms with Gasteiger partial charge in [-0.3, -0.25) is 0 Å². The van der Waals surface area contributed by atoms with Crippen LogP contribution in [0.3, 0.4) is 0 Å². The summed E-state index contributed by atoms with van der Waals surface area (Å²) in [5.41, 5.74) is 2.89. The van der Waals surface area contributed by atoms with Gasteiger partial charge < -0.3 is 14.8 Å². The number of benzene rings is 2. The lowest BCUT2D eigenvalue weighted by Crippen LogP contribution is -2.32. The first-order valence-corrected chi connectivity index (χ1v) is 11.7. The van der Waals surface area contributed by atoms with Gasteiger partial charge in [0.25, 0.3) is 0 Å². The van der Waals surface area contributed by atoms with Gasteiger partial charge in [-0.1, -0.05) is 71.7 Å². The van der Waals surface area contributed by atoms with Crippen LogP contribution in [0.2, 0.25) is 10.0 Å². The van der Waals surface area contributed by atoms with Gasteiger partial charge in [0.15, 0.2) is 0 Å². The topological polar surface area (TPSA) is 88.4 Å². The number of nitrogens with zero attached hydrogens (tertiary/aromatic N) is 1. The van der Waals surface area contributed by atoms with Crippen molar-refractivity contribution in [1.82, 2.24) is 5.32 Å².